The highest BCUT2D eigenvalue weighted by atomic mass is 16.5. The molecule has 0 aromatic heterocycles. The molecule has 102 valence electrons. The number of rotatable bonds is 2. The molecule has 2 nitrogen and oxygen atoms in total. The van der Waals surface area contributed by atoms with Crippen LogP contribution in [-0.2, 0) is 0 Å². The first-order valence-corrected chi connectivity index (χ1v) is 7.37. The van der Waals surface area contributed by atoms with Gasteiger partial charge in [-0.3, -0.25) is 0 Å². The van der Waals surface area contributed by atoms with Crippen molar-refractivity contribution in [1.29, 1.82) is 0 Å². The Bertz CT molecular complexity index is 632. The zero-order chi connectivity index (χ0) is 13.5. The Morgan fingerprint density at radius 3 is 2.60 bits per heavy atom. The quantitative estimate of drug-likeness (QED) is 0.889. The zero-order valence-electron chi connectivity index (χ0n) is 11.7. The third-order valence-electron chi connectivity index (χ3n) is 4.73. The van der Waals surface area contributed by atoms with Crippen LogP contribution in [0.25, 0.3) is 11.1 Å². The van der Waals surface area contributed by atoms with Crippen LogP contribution >= 0.6 is 0 Å². The van der Waals surface area contributed by atoms with Gasteiger partial charge >= 0.3 is 0 Å². The van der Waals surface area contributed by atoms with E-state index in [9.17, 15) is 0 Å². The largest absolute Gasteiger partial charge is 0.497 e. The van der Waals surface area contributed by atoms with Gasteiger partial charge in [-0.15, -0.1) is 0 Å². The molecule has 1 saturated heterocycles. The number of hydrogen-bond acceptors (Lipinski definition) is 2. The topological polar surface area (TPSA) is 21.3 Å². The maximum atomic E-state index is 5.23. The van der Waals surface area contributed by atoms with E-state index in [1.54, 1.807) is 12.7 Å². The summed E-state index contributed by atoms with van der Waals surface area (Å²) in [6.07, 6.45) is 2.56. The predicted molar refractivity (Wildman–Crippen MR) is 81.1 cm³/mol. The van der Waals surface area contributed by atoms with Crippen LogP contribution in [0.15, 0.2) is 42.5 Å². The van der Waals surface area contributed by atoms with Crippen molar-refractivity contribution in [1.82, 2.24) is 5.32 Å². The molecule has 0 amide bonds. The summed E-state index contributed by atoms with van der Waals surface area (Å²) in [5.74, 6) is 1.69. The Hall–Kier alpha value is -1.80. The summed E-state index contributed by atoms with van der Waals surface area (Å²) < 4.78 is 5.23. The van der Waals surface area contributed by atoms with Crippen LogP contribution in [0, 0.1) is 0 Å². The van der Waals surface area contributed by atoms with E-state index in [-0.39, 0.29) is 0 Å². The molecule has 0 radical (unpaired) electrons. The fraction of sp³-hybridized carbons (Fsp3) is 0.333. The van der Waals surface area contributed by atoms with E-state index in [1.165, 1.54) is 29.5 Å². The van der Waals surface area contributed by atoms with Crippen molar-refractivity contribution in [3.05, 3.63) is 53.6 Å². The molecule has 1 heterocycles. The molecule has 2 aromatic rings. The number of fused-ring (bicyclic) bond motifs is 5. The minimum Gasteiger partial charge on any atom is -0.497 e. The Morgan fingerprint density at radius 2 is 1.80 bits per heavy atom. The van der Waals surface area contributed by atoms with Gasteiger partial charge in [-0.05, 0) is 65.8 Å². The first-order valence-electron chi connectivity index (χ1n) is 7.37. The van der Waals surface area contributed by atoms with E-state index in [1.807, 2.05) is 12.1 Å². The van der Waals surface area contributed by atoms with Gasteiger partial charge in [0.1, 0.15) is 5.75 Å². The fourth-order valence-electron chi connectivity index (χ4n) is 3.65. The lowest BCUT2D eigenvalue weighted by Gasteiger charge is -2.20. The summed E-state index contributed by atoms with van der Waals surface area (Å²) in [7, 11) is 1.70. The molecule has 2 bridgehead atoms. The van der Waals surface area contributed by atoms with Gasteiger partial charge in [-0.1, -0.05) is 24.3 Å². The van der Waals surface area contributed by atoms with Crippen molar-refractivity contribution < 1.29 is 4.74 Å². The van der Waals surface area contributed by atoms with Gasteiger partial charge in [0.25, 0.3) is 0 Å². The molecule has 1 fully saturated rings. The number of benzene rings is 2. The summed E-state index contributed by atoms with van der Waals surface area (Å²) in [5.41, 5.74) is 5.65. The van der Waals surface area contributed by atoms with Gasteiger partial charge < -0.3 is 10.1 Å². The summed E-state index contributed by atoms with van der Waals surface area (Å²) in [5, 5.41) is 3.64. The molecule has 0 saturated carbocycles. The van der Waals surface area contributed by atoms with Gasteiger partial charge in [0, 0.05) is 6.04 Å². The van der Waals surface area contributed by atoms with Crippen LogP contribution in [0.1, 0.15) is 35.9 Å². The molecule has 1 aliphatic carbocycles. The minimum atomic E-state index is 0.571. The molecule has 2 heteroatoms. The number of piperidine rings is 1. The molecule has 2 aromatic carbocycles. The first kappa shape index (κ1) is 12.0. The van der Waals surface area contributed by atoms with E-state index < -0.39 is 0 Å². The van der Waals surface area contributed by atoms with E-state index >= 15 is 0 Å². The molecular formula is C18H19NO. The highest BCUT2D eigenvalue weighted by Crippen LogP contribution is 2.45. The summed E-state index contributed by atoms with van der Waals surface area (Å²) >= 11 is 0. The lowest BCUT2D eigenvalue weighted by molar-refractivity contribution is 0.410. The molecule has 1 aliphatic heterocycles. The Balaban J connectivity index is 1.73. The lowest BCUT2D eigenvalue weighted by atomic mass is 9.95. The second-order valence-electron chi connectivity index (χ2n) is 5.80. The lowest BCUT2D eigenvalue weighted by Crippen LogP contribution is -2.25. The highest BCUT2D eigenvalue weighted by Gasteiger charge is 2.33. The minimum absolute atomic E-state index is 0.571. The molecule has 0 spiro atoms. The molecule has 20 heavy (non-hydrogen) atoms. The van der Waals surface area contributed by atoms with Crippen LogP contribution in [-0.4, -0.2) is 13.7 Å². The van der Waals surface area contributed by atoms with Crippen LogP contribution in [0.5, 0.6) is 5.75 Å². The molecular weight excluding hydrogens is 246 g/mol. The number of ether oxygens (including phenoxy) is 1. The van der Waals surface area contributed by atoms with Crippen molar-refractivity contribution in [3.63, 3.8) is 0 Å². The monoisotopic (exact) mass is 265 g/mol. The average molecular weight is 265 g/mol. The van der Waals surface area contributed by atoms with Gasteiger partial charge in [-0.25, -0.2) is 0 Å². The second kappa shape index (κ2) is 4.64. The van der Waals surface area contributed by atoms with Gasteiger partial charge in [0.15, 0.2) is 0 Å². The van der Waals surface area contributed by atoms with E-state index in [2.05, 4.69) is 35.6 Å². The maximum Gasteiger partial charge on any atom is 0.118 e. The third-order valence-corrected chi connectivity index (χ3v) is 4.73. The second-order valence-corrected chi connectivity index (χ2v) is 5.80. The fourth-order valence-corrected chi connectivity index (χ4v) is 3.65. The Labute approximate surface area is 119 Å². The van der Waals surface area contributed by atoms with Crippen LogP contribution in [0.4, 0.5) is 0 Å². The van der Waals surface area contributed by atoms with Crippen molar-refractivity contribution >= 4 is 0 Å². The van der Waals surface area contributed by atoms with Crippen molar-refractivity contribution in [2.24, 2.45) is 0 Å². The molecule has 1 N–H and O–H groups in total. The van der Waals surface area contributed by atoms with Crippen molar-refractivity contribution in [3.8, 4) is 16.9 Å². The summed E-state index contributed by atoms with van der Waals surface area (Å²) in [6, 6.07) is 15.9. The molecule has 2 atom stereocenters. The number of hydrogen-bond donors (Lipinski definition) is 1. The third kappa shape index (κ3) is 1.83. The zero-order valence-corrected chi connectivity index (χ0v) is 11.7. The molecule has 4 rings (SSSR count). The summed E-state index contributed by atoms with van der Waals surface area (Å²) in [6.45, 7) is 1.15. The van der Waals surface area contributed by atoms with E-state index in [0.29, 0.717) is 6.04 Å². The van der Waals surface area contributed by atoms with Crippen LogP contribution < -0.4 is 10.1 Å². The average Bonchev–Trinajstić information content (AvgIpc) is 2.78. The van der Waals surface area contributed by atoms with Crippen LogP contribution in [0.3, 0.4) is 0 Å². The smallest absolute Gasteiger partial charge is 0.118 e. The number of methoxy groups -OCH3 is 1. The molecule has 0 unspecified atom stereocenters. The predicted octanol–water partition coefficient (Wildman–Crippen LogP) is 3.88. The van der Waals surface area contributed by atoms with Crippen LogP contribution in [0.2, 0.25) is 0 Å². The van der Waals surface area contributed by atoms with Gasteiger partial charge in [0.05, 0.1) is 7.11 Å². The number of nitrogens with one attached hydrogen (secondary N) is 1. The highest BCUT2D eigenvalue weighted by molar-refractivity contribution is 5.66. The van der Waals surface area contributed by atoms with E-state index in [0.717, 1.165) is 18.2 Å². The van der Waals surface area contributed by atoms with Crippen molar-refractivity contribution in [2.75, 3.05) is 13.7 Å². The first-order chi connectivity index (χ1) is 9.85. The normalized spacial score (nSPS) is 23.4. The maximum absolute atomic E-state index is 5.23. The van der Waals surface area contributed by atoms with Gasteiger partial charge in [-0.2, -0.15) is 0 Å². The van der Waals surface area contributed by atoms with E-state index in [4.69, 9.17) is 4.74 Å². The molecule has 2 aliphatic rings. The Morgan fingerprint density at radius 1 is 1.00 bits per heavy atom. The van der Waals surface area contributed by atoms with Gasteiger partial charge in [0.2, 0.25) is 0 Å². The summed E-state index contributed by atoms with van der Waals surface area (Å²) in [4.78, 5) is 0. The standard InChI is InChI=1S/C18H19NO/c1-20-15-5-2-12(3-6-15)13-4-7-16-14-8-9-19-18(11-14)17(16)10-13/h2-7,10,14,18-19H,8-9,11H2,1H3/t14-,18+/m1/s1. The van der Waals surface area contributed by atoms with Crippen molar-refractivity contribution in [2.45, 2.75) is 24.8 Å². The SMILES string of the molecule is COc1ccc(-c2ccc3c(c2)[C@@H]2C[C@H]3CCN2)cc1. The Kier molecular flexibility index (Phi) is 2.78.